The normalized spacial score (nSPS) is 17.8. The Morgan fingerprint density at radius 3 is 2.46 bits per heavy atom. The molecule has 0 spiro atoms. The fourth-order valence-corrected chi connectivity index (χ4v) is 7.70. The molecular formula is C31H31ClN4O3S2. The molecule has 4 aromatic rings. The van der Waals surface area contributed by atoms with E-state index in [4.69, 9.17) is 21.4 Å². The summed E-state index contributed by atoms with van der Waals surface area (Å²) < 4.78 is 7.21. The summed E-state index contributed by atoms with van der Waals surface area (Å²) in [5, 5.41) is 7.69. The highest BCUT2D eigenvalue weighted by Crippen LogP contribution is 2.49. The number of carbonyl (C=O) groups is 2. The van der Waals surface area contributed by atoms with Gasteiger partial charge in [-0.05, 0) is 66.6 Å². The molecule has 0 saturated carbocycles. The van der Waals surface area contributed by atoms with Gasteiger partial charge in [0, 0.05) is 34.1 Å². The van der Waals surface area contributed by atoms with Crippen LogP contribution in [0.1, 0.15) is 35.5 Å². The Morgan fingerprint density at radius 2 is 1.80 bits per heavy atom. The largest absolute Gasteiger partial charge is 0.497 e. The lowest BCUT2D eigenvalue weighted by Crippen LogP contribution is -2.46. The maximum atomic E-state index is 13.9. The zero-order valence-corrected chi connectivity index (χ0v) is 25.3. The topological polar surface area (TPSA) is 67.7 Å². The molecule has 0 N–H and O–H groups in total. The van der Waals surface area contributed by atoms with Crippen molar-refractivity contribution >= 4 is 52.3 Å². The van der Waals surface area contributed by atoms with Crippen molar-refractivity contribution in [3.63, 3.8) is 0 Å². The van der Waals surface area contributed by atoms with Gasteiger partial charge in [-0.25, -0.2) is 4.68 Å². The maximum absolute atomic E-state index is 13.9. The first-order valence-electron chi connectivity index (χ1n) is 13.7. The van der Waals surface area contributed by atoms with Crippen LogP contribution in [0.15, 0.2) is 66.0 Å². The molecule has 2 aliphatic rings. The number of ether oxygens (including phenoxy) is 1. The number of piperidine rings is 1. The Kier molecular flexibility index (Phi) is 8.10. The van der Waals surface area contributed by atoms with E-state index in [1.54, 1.807) is 35.1 Å². The Hall–Kier alpha value is -3.27. The molecule has 0 radical (unpaired) electrons. The SMILES string of the molecule is COc1ccc(-n2nc(-c3ccc(Cl)cc3)c3c2N(CC(=O)N2CCC(C)CC2)C(=O)CSC3c2cccs2)cc1. The number of amides is 2. The van der Waals surface area contributed by atoms with Crippen LogP contribution in [0, 0.1) is 5.92 Å². The fraction of sp³-hybridized carbons (Fsp3) is 0.323. The monoisotopic (exact) mass is 606 g/mol. The molecule has 1 atom stereocenters. The summed E-state index contributed by atoms with van der Waals surface area (Å²) in [7, 11) is 1.63. The number of rotatable bonds is 6. The van der Waals surface area contributed by atoms with Gasteiger partial charge >= 0.3 is 0 Å². The van der Waals surface area contributed by atoms with Crippen molar-refractivity contribution in [2.75, 3.05) is 37.4 Å². The lowest BCUT2D eigenvalue weighted by atomic mass is 9.99. The summed E-state index contributed by atoms with van der Waals surface area (Å²) >= 11 is 9.49. The molecule has 2 aromatic carbocycles. The van der Waals surface area contributed by atoms with Crippen LogP contribution in [0.2, 0.25) is 5.02 Å². The van der Waals surface area contributed by atoms with Gasteiger partial charge in [-0.3, -0.25) is 14.5 Å². The molecule has 0 aliphatic carbocycles. The summed E-state index contributed by atoms with van der Waals surface area (Å²) in [6.45, 7) is 3.63. The minimum atomic E-state index is -0.137. The number of anilines is 1. The van der Waals surface area contributed by atoms with Gasteiger partial charge in [-0.1, -0.05) is 36.7 Å². The highest BCUT2D eigenvalue weighted by molar-refractivity contribution is 8.00. The average molecular weight is 607 g/mol. The van der Waals surface area contributed by atoms with Gasteiger partial charge in [0.2, 0.25) is 11.8 Å². The Morgan fingerprint density at radius 1 is 1.07 bits per heavy atom. The van der Waals surface area contributed by atoms with Crippen LogP contribution in [-0.4, -0.2) is 59.0 Å². The molecule has 2 aliphatic heterocycles. The van der Waals surface area contributed by atoms with E-state index in [0.717, 1.165) is 59.1 Å². The summed E-state index contributed by atoms with van der Waals surface area (Å²) in [6, 6.07) is 19.3. The van der Waals surface area contributed by atoms with E-state index in [9.17, 15) is 9.59 Å². The second kappa shape index (κ2) is 11.9. The van der Waals surface area contributed by atoms with E-state index in [1.165, 1.54) is 0 Å². The number of thiophene rings is 1. The van der Waals surface area contributed by atoms with Gasteiger partial charge in [-0.2, -0.15) is 5.10 Å². The van der Waals surface area contributed by atoms with Crippen molar-refractivity contribution in [1.82, 2.24) is 14.7 Å². The maximum Gasteiger partial charge on any atom is 0.242 e. The van der Waals surface area contributed by atoms with E-state index in [-0.39, 0.29) is 29.4 Å². The molecule has 1 fully saturated rings. The first kappa shape index (κ1) is 27.9. The second-order valence-corrected chi connectivity index (χ2v) is 13.0. The minimum absolute atomic E-state index is 0.0279. The molecule has 6 rings (SSSR count). The molecule has 1 saturated heterocycles. The molecule has 0 bridgehead atoms. The summed E-state index contributed by atoms with van der Waals surface area (Å²) in [4.78, 5) is 32.2. The number of nitrogens with zero attached hydrogens (tertiary/aromatic N) is 4. The Balaban J connectivity index is 1.54. The first-order chi connectivity index (χ1) is 19.9. The number of hydrogen-bond acceptors (Lipinski definition) is 6. The van der Waals surface area contributed by atoms with Crippen LogP contribution in [0.3, 0.4) is 0 Å². The highest BCUT2D eigenvalue weighted by Gasteiger charge is 2.38. The second-order valence-electron chi connectivity index (χ2n) is 10.5. The predicted molar refractivity (Wildman–Crippen MR) is 167 cm³/mol. The smallest absolute Gasteiger partial charge is 0.242 e. The van der Waals surface area contributed by atoms with E-state index in [2.05, 4.69) is 18.4 Å². The van der Waals surface area contributed by atoms with E-state index >= 15 is 0 Å². The third kappa shape index (κ3) is 5.63. The summed E-state index contributed by atoms with van der Waals surface area (Å²) in [6.07, 6.45) is 1.96. The van der Waals surface area contributed by atoms with Crippen molar-refractivity contribution in [2.24, 2.45) is 5.92 Å². The first-order valence-corrected chi connectivity index (χ1v) is 16.0. The molecule has 4 heterocycles. The van der Waals surface area contributed by atoms with Gasteiger partial charge in [-0.15, -0.1) is 23.1 Å². The highest BCUT2D eigenvalue weighted by atomic mass is 35.5. The van der Waals surface area contributed by atoms with Gasteiger partial charge in [0.1, 0.15) is 18.1 Å². The minimum Gasteiger partial charge on any atom is -0.497 e. The number of fused-ring (bicyclic) bond motifs is 1. The van der Waals surface area contributed by atoms with Gasteiger partial charge in [0.25, 0.3) is 0 Å². The van der Waals surface area contributed by atoms with Crippen molar-refractivity contribution in [3.8, 4) is 22.7 Å². The standard InChI is InChI=1S/C31H31ClN4O3S2/c1-20-13-15-34(16-14-20)26(37)18-35-27(38)19-41-30(25-4-3-17-40-25)28-29(21-5-7-22(32)8-6-21)33-36(31(28)35)23-9-11-24(39-2)12-10-23/h3-12,17,20,30H,13-16,18-19H2,1-2H3. The zero-order valence-electron chi connectivity index (χ0n) is 23.0. The molecule has 2 amide bonds. The number of carbonyl (C=O) groups excluding carboxylic acids is 2. The summed E-state index contributed by atoms with van der Waals surface area (Å²) in [5.74, 6) is 2.07. The van der Waals surface area contributed by atoms with Gasteiger partial charge < -0.3 is 9.64 Å². The molecule has 41 heavy (non-hydrogen) atoms. The van der Waals surface area contributed by atoms with Crippen LogP contribution in [0.25, 0.3) is 16.9 Å². The number of likely N-dealkylation sites (tertiary alicyclic amines) is 1. The molecule has 212 valence electrons. The lowest BCUT2D eigenvalue weighted by molar-refractivity contribution is -0.132. The van der Waals surface area contributed by atoms with Gasteiger partial charge in [0.05, 0.1) is 29.5 Å². The molecular weight excluding hydrogens is 576 g/mol. The number of methoxy groups -OCH3 is 1. The molecule has 1 unspecified atom stereocenters. The van der Waals surface area contributed by atoms with E-state index in [1.807, 2.05) is 64.2 Å². The zero-order chi connectivity index (χ0) is 28.5. The van der Waals surface area contributed by atoms with Crippen LogP contribution in [0.5, 0.6) is 5.75 Å². The quantitative estimate of drug-likeness (QED) is 0.245. The van der Waals surface area contributed by atoms with Gasteiger partial charge in [0.15, 0.2) is 0 Å². The Bertz CT molecular complexity index is 1530. The number of benzene rings is 2. The number of halogens is 1. The Labute approximate surface area is 253 Å². The van der Waals surface area contributed by atoms with Crippen LogP contribution in [-0.2, 0) is 9.59 Å². The van der Waals surface area contributed by atoms with Crippen LogP contribution in [0.4, 0.5) is 5.82 Å². The predicted octanol–water partition coefficient (Wildman–Crippen LogP) is 6.69. The third-order valence-corrected chi connectivity index (χ3v) is 10.3. The van der Waals surface area contributed by atoms with E-state index < -0.39 is 0 Å². The molecule has 10 heteroatoms. The molecule has 7 nitrogen and oxygen atoms in total. The summed E-state index contributed by atoms with van der Waals surface area (Å²) in [5.41, 5.74) is 3.35. The third-order valence-electron chi connectivity index (χ3n) is 7.75. The van der Waals surface area contributed by atoms with Crippen LogP contribution < -0.4 is 9.64 Å². The number of aromatic nitrogens is 2. The van der Waals surface area contributed by atoms with Crippen LogP contribution >= 0.6 is 34.7 Å². The average Bonchev–Trinajstić information content (AvgIpc) is 3.63. The number of hydrogen-bond donors (Lipinski definition) is 0. The fourth-order valence-electron chi connectivity index (χ4n) is 5.40. The van der Waals surface area contributed by atoms with Crippen molar-refractivity contribution < 1.29 is 14.3 Å². The van der Waals surface area contributed by atoms with Crippen molar-refractivity contribution in [1.29, 1.82) is 0 Å². The molecule has 2 aromatic heterocycles. The van der Waals surface area contributed by atoms with Crippen molar-refractivity contribution in [2.45, 2.75) is 25.0 Å². The lowest BCUT2D eigenvalue weighted by Gasteiger charge is -2.32. The van der Waals surface area contributed by atoms with E-state index in [0.29, 0.717) is 16.8 Å². The van der Waals surface area contributed by atoms with Crippen molar-refractivity contribution in [3.05, 3.63) is 81.5 Å². The number of thioether (sulfide) groups is 1.